The van der Waals surface area contributed by atoms with E-state index in [1.165, 1.54) is 76.3 Å². The van der Waals surface area contributed by atoms with Crippen molar-refractivity contribution in [3.05, 3.63) is 38.4 Å². The molecule has 0 fully saturated rings. The number of anilines is 1. The SMILES string of the molecule is CCCCCCCCCCCCCC/C(C)=N\Nc1ccc([N+](=O)[O-])cc1[N+](=O)[O-]. The number of non-ortho nitro benzene ring substituents is 1. The highest BCUT2D eigenvalue weighted by molar-refractivity contribution is 5.83. The Bertz CT molecular complexity index is 692. The second kappa shape index (κ2) is 15.3. The minimum atomic E-state index is -0.654. The molecule has 1 aromatic carbocycles. The van der Waals surface area contributed by atoms with E-state index < -0.39 is 9.85 Å². The smallest absolute Gasteiger partial charge is 0.272 e. The van der Waals surface area contributed by atoms with Crippen LogP contribution in [0.15, 0.2) is 23.3 Å². The molecule has 8 nitrogen and oxygen atoms in total. The van der Waals surface area contributed by atoms with Crippen LogP contribution >= 0.6 is 0 Å². The maximum Gasteiger partial charge on any atom is 0.301 e. The summed E-state index contributed by atoms with van der Waals surface area (Å²) in [4.78, 5) is 20.6. The first kappa shape index (κ1) is 25.5. The number of nitrogens with one attached hydrogen (secondary N) is 1. The van der Waals surface area contributed by atoms with Gasteiger partial charge in [-0.3, -0.25) is 25.7 Å². The molecule has 1 N–H and O–H groups in total. The van der Waals surface area contributed by atoms with Gasteiger partial charge >= 0.3 is 5.69 Å². The van der Waals surface area contributed by atoms with Crippen LogP contribution in [0.1, 0.15) is 97.3 Å². The van der Waals surface area contributed by atoms with Crippen LogP contribution in [0.3, 0.4) is 0 Å². The van der Waals surface area contributed by atoms with E-state index in [2.05, 4.69) is 17.5 Å². The number of hydrogen-bond donors (Lipinski definition) is 1. The number of hydrogen-bond acceptors (Lipinski definition) is 6. The molecule has 168 valence electrons. The van der Waals surface area contributed by atoms with Crippen LogP contribution in [-0.2, 0) is 0 Å². The second-order valence-corrected chi connectivity index (χ2v) is 7.81. The summed E-state index contributed by atoms with van der Waals surface area (Å²) < 4.78 is 0. The number of nitro benzene ring substituents is 2. The molecule has 0 radical (unpaired) electrons. The predicted octanol–water partition coefficient (Wildman–Crippen LogP) is 7.38. The molecular formula is C22H36N4O4. The molecule has 8 heteroatoms. The summed E-state index contributed by atoms with van der Waals surface area (Å²) in [6, 6.07) is 3.49. The van der Waals surface area contributed by atoms with Gasteiger partial charge in [-0.2, -0.15) is 5.10 Å². The lowest BCUT2D eigenvalue weighted by Gasteiger charge is -2.05. The molecule has 0 unspecified atom stereocenters. The molecule has 0 heterocycles. The minimum absolute atomic E-state index is 0.152. The maximum absolute atomic E-state index is 11.1. The van der Waals surface area contributed by atoms with Crippen LogP contribution in [0.4, 0.5) is 17.1 Å². The summed E-state index contributed by atoms with van der Waals surface area (Å²) in [5.74, 6) is 0. The zero-order valence-corrected chi connectivity index (χ0v) is 18.4. The Kier molecular flexibility index (Phi) is 13.1. The van der Waals surface area contributed by atoms with Crippen LogP contribution in [0, 0.1) is 20.2 Å². The quantitative estimate of drug-likeness (QED) is 0.122. The van der Waals surface area contributed by atoms with E-state index in [0.29, 0.717) is 0 Å². The summed E-state index contributed by atoms with van der Waals surface area (Å²) >= 11 is 0. The Balaban J connectivity index is 2.21. The Hall–Kier alpha value is -2.51. The third-order valence-corrected chi connectivity index (χ3v) is 5.15. The first-order chi connectivity index (χ1) is 14.5. The monoisotopic (exact) mass is 420 g/mol. The van der Waals surface area contributed by atoms with E-state index in [1.807, 2.05) is 6.92 Å². The molecule has 0 aliphatic carbocycles. The average molecular weight is 421 g/mol. The Labute approximate surface area is 179 Å². The van der Waals surface area contributed by atoms with Gasteiger partial charge in [0.2, 0.25) is 0 Å². The van der Waals surface area contributed by atoms with Gasteiger partial charge in [-0.15, -0.1) is 0 Å². The topological polar surface area (TPSA) is 111 Å². The van der Waals surface area contributed by atoms with Gasteiger partial charge in [-0.05, 0) is 25.8 Å². The number of hydrazone groups is 1. The first-order valence-electron chi connectivity index (χ1n) is 11.2. The first-order valence-corrected chi connectivity index (χ1v) is 11.2. The molecule has 1 rings (SSSR count). The summed E-state index contributed by atoms with van der Waals surface area (Å²) in [6.45, 7) is 4.12. The number of unbranched alkanes of at least 4 members (excludes halogenated alkanes) is 11. The Morgan fingerprint density at radius 2 is 1.40 bits per heavy atom. The van der Waals surface area contributed by atoms with Crippen molar-refractivity contribution in [3.63, 3.8) is 0 Å². The van der Waals surface area contributed by atoms with Crippen LogP contribution in [0.2, 0.25) is 0 Å². The third kappa shape index (κ3) is 10.9. The van der Waals surface area contributed by atoms with Crippen molar-refractivity contribution < 1.29 is 9.85 Å². The van der Waals surface area contributed by atoms with E-state index in [1.54, 1.807) is 0 Å². The van der Waals surface area contributed by atoms with Gasteiger partial charge in [0.05, 0.1) is 15.9 Å². The van der Waals surface area contributed by atoms with Crippen molar-refractivity contribution in [1.29, 1.82) is 0 Å². The van der Waals surface area contributed by atoms with Gasteiger partial charge in [0.1, 0.15) is 5.69 Å². The van der Waals surface area contributed by atoms with Gasteiger partial charge in [-0.1, -0.05) is 77.6 Å². The standard InChI is InChI=1S/C22H36N4O4/c1-3-4-5-6-7-8-9-10-11-12-13-14-15-19(2)23-24-21-17-16-20(25(27)28)18-22(21)26(29)30/h16-18,24H,3-15H2,1-2H3/b23-19-. The number of nitrogens with zero attached hydrogens (tertiary/aromatic N) is 3. The molecular weight excluding hydrogens is 384 g/mol. The maximum atomic E-state index is 11.1. The van der Waals surface area contributed by atoms with E-state index in [-0.39, 0.29) is 17.1 Å². The van der Waals surface area contributed by atoms with E-state index in [9.17, 15) is 20.2 Å². The van der Waals surface area contributed by atoms with Crippen molar-refractivity contribution in [3.8, 4) is 0 Å². The summed E-state index contributed by atoms with van der Waals surface area (Å²) in [5.41, 5.74) is 3.02. The fraction of sp³-hybridized carbons (Fsp3) is 0.682. The zero-order chi connectivity index (χ0) is 22.2. The van der Waals surface area contributed by atoms with Crippen molar-refractivity contribution in [2.75, 3.05) is 5.43 Å². The fourth-order valence-corrected chi connectivity index (χ4v) is 3.31. The molecule has 0 aromatic heterocycles. The number of benzene rings is 1. The summed E-state index contributed by atoms with van der Waals surface area (Å²) in [6.07, 6.45) is 16.3. The Morgan fingerprint density at radius 3 is 1.90 bits per heavy atom. The van der Waals surface area contributed by atoms with Crippen molar-refractivity contribution in [1.82, 2.24) is 0 Å². The Morgan fingerprint density at radius 1 is 0.867 bits per heavy atom. The number of rotatable bonds is 17. The van der Waals surface area contributed by atoms with Crippen LogP contribution in [0.25, 0.3) is 0 Å². The van der Waals surface area contributed by atoms with Gasteiger partial charge in [0.15, 0.2) is 0 Å². The predicted molar refractivity (Wildman–Crippen MR) is 122 cm³/mol. The van der Waals surface area contributed by atoms with Crippen LogP contribution in [0.5, 0.6) is 0 Å². The van der Waals surface area contributed by atoms with Crippen molar-refractivity contribution in [2.45, 2.75) is 97.3 Å². The molecule has 0 aliphatic heterocycles. The molecule has 1 aromatic rings. The molecule has 0 spiro atoms. The van der Waals surface area contributed by atoms with Crippen molar-refractivity contribution in [2.24, 2.45) is 5.10 Å². The lowest BCUT2D eigenvalue weighted by Crippen LogP contribution is -2.01. The normalized spacial score (nSPS) is 11.5. The molecule has 0 amide bonds. The van der Waals surface area contributed by atoms with Gasteiger partial charge in [0.25, 0.3) is 5.69 Å². The fourth-order valence-electron chi connectivity index (χ4n) is 3.31. The molecule has 30 heavy (non-hydrogen) atoms. The summed E-state index contributed by atoms with van der Waals surface area (Å²) in [7, 11) is 0. The van der Waals surface area contributed by atoms with Gasteiger partial charge in [-0.25, -0.2) is 0 Å². The van der Waals surface area contributed by atoms with Crippen LogP contribution in [-0.4, -0.2) is 15.6 Å². The molecule has 0 saturated carbocycles. The molecule has 0 atom stereocenters. The lowest BCUT2D eigenvalue weighted by atomic mass is 10.0. The highest BCUT2D eigenvalue weighted by Gasteiger charge is 2.19. The molecule has 0 saturated heterocycles. The highest BCUT2D eigenvalue weighted by atomic mass is 16.6. The lowest BCUT2D eigenvalue weighted by molar-refractivity contribution is -0.393. The van der Waals surface area contributed by atoms with E-state index >= 15 is 0 Å². The van der Waals surface area contributed by atoms with Crippen LogP contribution < -0.4 is 5.43 Å². The van der Waals surface area contributed by atoms with Crippen molar-refractivity contribution >= 4 is 22.8 Å². The molecule has 0 bridgehead atoms. The summed E-state index contributed by atoms with van der Waals surface area (Å²) in [5, 5.41) is 26.1. The highest BCUT2D eigenvalue weighted by Crippen LogP contribution is 2.29. The second-order valence-electron chi connectivity index (χ2n) is 7.81. The van der Waals surface area contributed by atoms with Gasteiger partial charge < -0.3 is 0 Å². The average Bonchev–Trinajstić information content (AvgIpc) is 2.72. The minimum Gasteiger partial charge on any atom is -0.272 e. The largest absolute Gasteiger partial charge is 0.301 e. The van der Waals surface area contributed by atoms with E-state index in [4.69, 9.17) is 0 Å². The van der Waals surface area contributed by atoms with Gasteiger partial charge in [0, 0.05) is 11.8 Å². The zero-order valence-electron chi connectivity index (χ0n) is 18.4. The van der Waals surface area contributed by atoms with E-state index in [0.717, 1.165) is 31.0 Å². The third-order valence-electron chi connectivity index (χ3n) is 5.15. The number of nitro groups is 2. The molecule has 0 aliphatic rings.